The molecule has 2 heterocycles. The van der Waals surface area contributed by atoms with Gasteiger partial charge in [-0.05, 0) is 178 Å². The summed E-state index contributed by atoms with van der Waals surface area (Å²) < 4.78 is 31.7. The first-order valence-electron chi connectivity index (χ1n) is 36.7. The number of unbranched alkanes of at least 4 members (excludes halogenated alkanes) is 4. The number of carboxylic acid groups (broad SMARTS) is 4. The molecule has 0 spiro atoms. The number of aromatic hydroxyl groups is 1. The smallest absolute Gasteiger partial charge is 0.490 e. The maximum absolute atomic E-state index is 14.7. The molecule has 2 aliphatic heterocycles. The number of aliphatic carboxylic acids is 4. The Labute approximate surface area is 645 Å². The molecule has 2 aliphatic rings. The van der Waals surface area contributed by atoms with Crippen LogP contribution in [0.15, 0.2) is 29.3 Å². The van der Waals surface area contributed by atoms with Crippen LogP contribution in [-0.4, -0.2) is 255 Å². The second kappa shape index (κ2) is 51.7. The predicted octanol–water partition coefficient (Wildman–Crippen LogP) is -4.26. The van der Waals surface area contributed by atoms with E-state index in [4.69, 9.17) is 44.3 Å². The van der Waals surface area contributed by atoms with Gasteiger partial charge in [-0.3, -0.25) is 67.3 Å². The van der Waals surface area contributed by atoms with E-state index < -0.39 is 187 Å². The highest BCUT2D eigenvalue weighted by molar-refractivity contribution is 7.80. The van der Waals surface area contributed by atoms with Crippen molar-refractivity contribution in [3.8, 4) is 5.75 Å². The van der Waals surface area contributed by atoms with E-state index in [1.807, 2.05) is 0 Å². The van der Waals surface area contributed by atoms with Gasteiger partial charge in [0, 0.05) is 31.7 Å². The number of rotatable bonds is 51. The number of nitrogens with one attached hydrogen (secondary N) is 11. The van der Waals surface area contributed by atoms with Crippen LogP contribution in [0.2, 0.25) is 0 Å². The van der Waals surface area contributed by atoms with Crippen LogP contribution in [-0.2, 0) is 78.3 Å². The molecule has 0 saturated carbocycles. The molecule has 11 amide bonds. The predicted molar refractivity (Wildman–Crippen MR) is 398 cm³/mol. The Morgan fingerprint density at radius 3 is 1.32 bits per heavy atom. The van der Waals surface area contributed by atoms with E-state index >= 15 is 0 Å². The number of hydrogen-bond donors (Lipinski definition) is 23. The van der Waals surface area contributed by atoms with Gasteiger partial charge < -0.3 is 123 Å². The van der Waals surface area contributed by atoms with Crippen LogP contribution in [0.1, 0.15) is 154 Å². The number of carboxylic acids is 4. The lowest BCUT2D eigenvalue weighted by atomic mass is 10.00. The molecule has 28 N–H and O–H groups in total. The lowest BCUT2D eigenvalue weighted by Gasteiger charge is -2.31. The molecule has 0 bridgehead atoms. The number of nitrogens with zero attached hydrogens (tertiary/aromatic N) is 2. The Morgan fingerprint density at radius 2 is 0.928 bits per heavy atom. The Balaban J connectivity index is 0.00000567. The van der Waals surface area contributed by atoms with Crippen molar-refractivity contribution in [2.24, 2.45) is 45.3 Å². The number of likely N-dealkylation sites (tertiary alicyclic amines) is 1. The van der Waals surface area contributed by atoms with Gasteiger partial charge in [0.15, 0.2) is 5.96 Å². The number of carbonyl (C=O) groups excluding carboxylic acids is 11. The maximum Gasteiger partial charge on any atom is 0.490 e. The van der Waals surface area contributed by atoms with Gasteiger partial charge >= 0.3 is 30.1 Å². The van der Waals surface area contributed by atoms with Crippen molar-refractivity contribution in [1.29, 1.82) is 0 Å². The van der Waals surface area contributed by atoms with Gasteiger partial charge in [0.1, 0.15) is 72.2 Å². The number of phenols is 1. The number of nitrogens with two attached hydrogens (primary N) is 6. The normalized spacial score (nSPS) is 16.6. The second-order valence-corrected chi connectivity index (χ2v) is 27.3. The number of hydrogen-bond acceptors (Lipinski definition) is 23. The number of carbonyl (C=O) groups is 15. The molecule has 3 rings (SSSR count). The van der Waals surface area contributed by atoms with Crippen LogP contribution in [0.3, 0.4) is 0 Å². The maximum atomic E-state index is 14.7. The van der Waals surface area contributed by atoms with E-state index in [9.17, 15) is 101 Å². The molecule has 0 radical (unpaired) electrons. The Morgan fingerprint density at radius 1 is 0.523 bits per heavy atom. The van der Waals surface area contributed by atoms with Crippen LogP contribution < -0.4 is 92.9 Å². The van der Waals surface area contributed by atoms with Crippen molar-refractivity contribution in [2.75, 3.05) is 51.6 Å². The second-order valence-electron chi connectivity index (χ2n) is 26.9. The van der Waals surface area contributed by atoms with Crippen LogP contribution >= 0.6 is 12.6 Å². The van der Waals surface area contributed by atoms with E-state index in [2.05, 4.69) is 76.1 Å². The van der Waals surface area contributed by atoms with Crippen molar-refractivity contribution in [3.63, 3.8) is 0 Å². The summed E-state index contributed by atoms with van der Waals surface area (Å²) in [5, 5.41) is 75.4. The van der Waals surface area contributed by atoms with E-state index in [1.54, 1.807) is 0 Å². The molecule has 2 fully saturated rings. The summed E-state index contributed by atoms with van der Waals surface area (Å²) in [6.07, 6.45) is -3.00. The summed E-state index contributed by atoms with van der Waals surface area (Å²) in [6.45, 7) is 4.46. The van der Waals surface area contributed by atoms with Crippen molar-refractivity contribution >= 4 is 107 Å². The number of guanidine groups is 1. The van der Waals surface area contributed by atoms with E-state index in [1.165, 1.54) is 38.1 Å². The minimum absolute atomic E-state index is 0.00220. The molecule has 1 aromatic rings. The fraction of sp³-hybridized carbons (Fsp3) is 0.676. The lowest BCUT2D eigenvalue weighted by Crippen LogP contribution is -2.61. The number of aliphatic imine (C=N–C) groups is 1. The third-order valence-corrected chi connectivity index (χ3v) is 18.0. The molecule has 43 heteroatoms. The third-order valence-electron chi connectivity index (χ3n) is 17.7. The summed E-state index contributed by atoms with van der Waals surface area (Å²) in [5.74, 6) is -18.5. The topological polar surface area (TPSA) is 661 Å². The van der Waals surface area contributed by atoms with Gasteiger partial charge in [-0.1, -0.05) is 26.0 Å². The first-order chi connectivity index (χ1) is 52.4. The fourth-order valence-electron chi connectivity index (χ4n) is 11.6. The standard InChI is InChI=1S/C66H111N19O18S.C2HF3O2/c1-37(2)53(63(100)80-46(25-26-51(87)88)59(96)82-48(35-52(89)90)64(101)85-33-13-20-50(85)62(99)81-47(34-38-21-23-39(86)24-22-38)61(98)83-49(36-104)65(102)103)84-60(97)44(17-6-10-30-70)78-58(95)45(19-12-32-74-66(71)72)79-57(94)43(16-5-9-29-69)77-56(93)42(15-4-8-28-68)76-55(92)41(14-3-7-27-67)75-54(91)40-18-11-31-73-40;3-2(4,5)1(6)7/h21-24,37,40-50,53,73,86,104H,3-20,25-36,67-70H2,1-2H3,(H,75,91)(H,76,92)(H,77,93)(H,78,95)(H,79,94)(H,80,100)(H,81,99)(H,82,96)(H,83,98)(H,84,97)(H,87,88)(H,89,90)(H,102,103)(H4,71,72,74);(H,6,7)/t40-,41-,42-,43-,44-,45-,46-,47-,48-,49-,50-,53-;/m0./s1. The summed E-state index contributed by atoms with van der Waals surface area (Å²) in [4.78, 5) is 207. The number of thiol groups is 1. The minimum atomic E-state index is -5.08. The molecule has 1 aromatic carbocycles. The highest BCUT2D eigenvalue weighted by Gasteiger charge is 2.43. The van der Waals surface area contributed by atoms with Crippen LogP contribution in [0.4, 0.5) is 13.2 Å². The minimum Gasteiger partial charge on any atom is -0.508 e. The van der Waals surface area contributed by atoms with Crippen molar-refractivity contribution in [3.05, 3.63) is 29.8 Å². The zero-order valence-electron chi connectivity index (χ0n) is 62.3. The summed E-state index contributed by atoms with van der Waals surface area (Å²) in [5.41, 5.74) is 34.8. The van der Waals surface area contributed by atoms with Gasteiger partial charge in [-0.2, -0.15) is 25.8 Å². The SMILES string of the molecule is CC(C)[C@H](NC(=O)[C@H](CCCCN)NC(=O)[C@H](CCCN=C(N)N)NC(=O)[C@H](CCCCN)NC(=O)[C@H](CCCCN)NC(=O)[C@H](CCCCN)NC(=O)[C@@H]1CCCN1)C(=O)N[C@@H](CCC(=O)O)C(=O)N[C@@H](CC(=O)O)C(=O)N1CCC[C@H]1C(=O)N[C@@H](Cc1ccc(O)cc1)C(=O)N[C@@H](CS)C(=O)O.O=C(O)C(F)(F)F. The molecule has 39 nitrogen and oxygen atoms in total. The number of halogens is 3. The Bertz CT molecular complexity index is 3260. The molecular formula is C68H112F3N19O20S. The summed E-state index contributed by atoms with van der Waals surface area (Å²) in [7, 11) is 0. The average Bonchev–Trinajstić information content (AvgIpc) is 1.74. The monoisotopic (exact) mass is 1600 g/mol. The summed E-state index contributed by atoms with van der Waals surface area (Å²) >= 11 is 3.99. The largest absolute Gasteiger partial charge is 0.508 e. The van der Waals surface area contributed by atoms with Crippen LogP contribution in [0.5, 0.6) is 5.75 Å². The number of alkyl halides is 3. The molecule has 111 heavy (non-hydrogen) atoms. The van der Waals surface area contributed by atoms with Crippen LogP contribution in [0.25, 0.3) is 0 Å². The first-order valence-corrected chi connectivity index (χ1v) is 37.3. The Kier molecular flexibility index (Phi) is 45.3. The van der Waals surface area contributed by atoms with Gasteiger partial charge in [-0.15, -0.1) is 0 Å². The lowest BCUT2D eigenvalue weighted by molar-refractivity contribution is -0.192. The quantitative estimate of drug-likeness (QED) is 0.0127. The number of amides is 11. The van der Waals surface area contributed by atoms with Gasteiger partial charge in [0.2, 0.25) is 65.0 Å². The van der Waals surface area contributed by atoms with E-state index in [0.29, 0.717) is 70.0 Å². The summed E-state index contributed by atoms with van der Waals surface area (Å²) in [6, 6.07) is -11.2. The molecule has 12 atom stereocenters. The Hall–Kier alpha value is -9.72. The molecule has 626 valence electrons. The highest BCUT2D eigenvalue weighted by atomic mass is 32.1. The zero-order valence-corrected chi connectivity index (χ0v) is 63.2. The van der Waals surface area contributed by atoms with Gasteiger partial charge in [0.05, 0.1) is 12.5 Å². The van der Waals surface area contributed by atoms with Crippen LogP contribution in [0, 0.1) is 5.92 Å². The average molecular weight is 1600 g/mol. The van der Waals surface area contributed by atoms with E-state index in [-0.39, 0.29) is 120 Å². The molecule has 0 aromatic heterocycles. The molecule has 0 aliphatic carbocycles. The third kappa shape index (κ3) is 37.2. The van der Waals surface area contributed by atoms with E-state index in [0.717, 1.165) is 11.3 Å². The van der Waals surface area contributed by atoms with Gasteiger partial charge in [0.25, 0.3) is 0 Å². The highest BCUT2D eigenvalue weighted by Crippen LogP contribution is 2.22. The van der Waals surface area contributed by atoms with Crippen molar-refractivity contribution in [1.82, 2.24) is 63.4 Å². The number of phenolic OH excluding ortho intramolecular Hbond substituents is 1. The van der Waals surface area contributed by atoms with Crippen molar-refractivity contribution < 1.29 is 111 Å². The zero-order chi connectivity index (χ0) is 83.5. The fourth-order valence-corrected chi connectivity index (χ4v) is 11.9. The molecule has 0 unspecified atom stereocenters. The van der Waals surface area contributed by atoms with Gasteiger partial charge in [-0.25, -0.2) is 9.59 Å². The molecular weight excluding hydrogens is 1490 g/mol. The molecule has 2 saturated heterocycles. The first kappa shape index (κ1) is 97.4. The number of benzene rings is 1. The van der Waals surface area contributed by atoms with Crippen molar-refractivity contribution in [2.45, 2.75) is 234 Å².